The first kappa shape index (κ1) is 12.6. The number of nitrogens with two attached hydrogens (primary N) is 1. The number of halogens is 2. The smallest absolute Gasteiger partial charge is 0.125 e. The fourth-order valence-electron chi connectivity index (χ4n) is 2.03. The summed E-state index contributed by atoms with van der Waals surface area (Å²) in [7, 11) is 0. The highest BCUT2D eigenvalue weighted by Gasteiger charge is 2.25. The minimum Gasteiger partial charge on any atom is -0.377 e. The molecular formula is C12H16ClFN2O. The first-order valence-electron chi connectivity index (χ1n) is 5.74. The Hall–Kier alpha value is -0.840. The molecule has 0 amide bonds. The molecule has 0 aliphatic carbocycles. The van der Waals surface area contributed by atoms with Crippen LogP contribution in [-0.4, -0.2) is 25.3 Å². The third kappa shape index (κ3) is 3.09. The van der Waals surface area contributed by atoms with Crippen LogP contribution in [0.3, 0.4) is 0 Å². The third-order valence-electron chi connectivity index (χ3n) is 2.94. The quantitative estimate of drug-likeness (QED) is 0.872. The van der Waals surface area contributed by atoms with Crippen molar-refractivity contribution in [1.82, 2.24) is 0 Å². The normalized spacial score (nSPS) is 21.5. The second-order valence-corrected chi connectivity index (χ2v) is 4.57. The molecule has 0 aromatic heterocycles. The molecule has 2 rings (SSSR count). The van der Waals surface area contributed by atoms with Crippen molar-refractivity contribution in [3.05, 3.63) is 29.0 Å². The van der Waals surface area contributed by atoms with Crippen molar-refractivity contribution in [1.29, 1.82) is 0 Å². The van der Waals surface area contributed by atoms with E-state index >= 15 is 0 Å². The topological polar surface area (TPSA) is 47.3 Å². The van der Waals surface area contributed by atoms with Crippen molar-refractivity contribution >= 4 is 17.3 Å². The number of ether oxygens (including phenoxy) is 1. The molecule has 3 N–H and O–H groups in total. The molecule has 1 aliphatic heterocycles. The summed E-state index contributed by atoms with van der Waals surface area (Å²) >= 11 is 5.99. The van der Waals surface area contributed by atoms with Gasteiger partial charge in [0.25, 0.3) is 0 Å². The predicted molar refractivity (Wildman–Crippen MR) is 66.8 cm³/mol. The molecule has 3 nitrogen and oxygen atoms in total. The van der Waals surface area contributed by atoms with E-state index in [1.54, 1.807) is 0 Å². The fourth-order valence-corrected chi connectivity index (χ4v) is 2.20. The van der Waals surface area contributed by atoms with Gasteiger partial charge in [-0.3, -0.25) is 0 Å². The van der Waals surface area contributed by atoms with Crippen LogP contribution in [0.15, 0.2) is 18.2 Å². The molecule has 94 valence electrons. The molecule has 1 saturated heterocycles. The van der Waals surface area contributed by atoms with Crippen LogP contribution in [0.25, 0.3) is 0 Å². The summed E-state index contributed by atoms with van der Waals surface area (Å²) in [5, 5.41) is 3.65. The standard InChI is InChI=1S/C12H16ClFN2O/c13-9-4-3-8(14)6-10(9)16-11(7-15)12-2-1-5-17-12/h3-4,6,11-12,16H,1-2,5,7,15H2. The first-order chi connectivity index (χ1) is 8.20. The highest BCUT2D eigenvalue weighted by molar-refractivity contribution is 6.33. The highest BCUT2D eigenvalue weighted by Crippen LogP contribution is 2.25. The summed E-state index contributed by atoms with van der Waals surface area (Å²) in [4.78, 5) is 0. The van der Waals surface area contributed by atoms with Crippen LogP contribution in [-0.2, 0) is 4.74 Å². The van der Waals surface area contributed by atoms with Crippen molar-refractivity contribution in [3.8, 4) is 0 Å². The SMILES string of the molecule is NCC(Nc1cc(F)ccc1Cl)C1CCCO1. The summed E-state index contributed by atoms with van der Waals surface area (Å²) < 4.78 is 18.7. The van der Waals surface area contributed by atoms with Crippen LogP contribution in [0, 0.1) is 5.82 Å². The fraction of sp³-hybridized carbons (Fsp3) is 0.500. The third-order valence-corrected chi connectivity index (χ3v) is 3.27. The van der Waals surface area contributed by atoms with E-state index in [4.69, 9.17) is 22.1 Å². The van der Waals surface area contributed by atoms with E-state index in [2.05, 4.69) is 5.32 Å². The molecular weight excluding hydrogens is 243 g/mol. The number of anilines is 1. The van der Waals surface area contributed by atoms with Gasteiger partial charge >= 0.3 is 0 Å². The summed E-state index contributed by atoms with van der Waals surface area (Å²) in [6, 6.07) is 4.20. The number of rotatable bonds is 4. The van der Waals surface area contributed by atoms with Crippen molar-refractivity contribution in [2.75, 3.05) is 18.5 Å². The van der Waals surface area contributed by atoms with Gasteiger partial charge in [0.15, 0.2) is 0 Å². The lowest BCUT2D eigenvalue weighted by Gasteiger charge is -2.24. The van der Waals surface area contributed by atoms with Gasteiger partial charge in [0.05, 0.1) is 22.9 Å². The lowest BCUT2D eigenvalue weighted by atomic mass is 10.1. The molecule has 2 unspecified atom stereocenters. The molecule has 0 spiro atoms. The Balaban J connectivity index is 2.09. The number of benzene rings is 1. The predicted octanol–water partition coefficient (Wildman–Crippen LogP) is 2.40. The van der Waals surface area contributed by atoms with Gasteiger partial charge in [-0.1, -0.05) is 11.6 Å². The summed E-state index contributed by atoms with van der Waals surface area (Å²) in [6.45, 7) is 1.19. The minimum atomic E-state index is -0.319. The lowest BCUT2D eigenvalue weighted by Crippen LogP contribution is -2.39. The first-order valence-corrected chi connectivity index (χ1v) is 6.12. The zero-order chi connectivity index (χ0) is 12.3. The molecule has 1 fully saturated rings. The van der Waals surface area contributed by atoms with Crippen LogP contribution in [0.4, 0.5) is 10.1 Å². The number of nitrogens with one attached hydrogen (secondary N) is 1. The number of hydrogen-bond donors (Lipinski definition) is 2. The van der Waals surface area contributed by atoms with Gasteiger partial charge in [0.2, 0.25) is 0 Å². The molecule has 0 saturated carbocycles. The molecule has 2 atom stereocenters. The van der Waals surface area contributed by atoms with E-state index in [9.17, 15) is 4.39 Å². The van der Waals surface area contributed by atoms with Gasteiger partial charge in [0, 0.05) is 13.2 Å². The van der Waals surface area contributed by atoms with Crippen LogP contribution < -0.4 is 11.1 Å². The van der Waals surface area contributed by atoms with E-state index in [1.807, 2.05) is 0 Å². The van der Waals surface area contributed by atoms with Crippen molar-refractivity contribution in [3.63, 3.8) is 0 Å². The summed E-state index contributed by atoms with van der Waals surface area (Å²) in [6.07, 6.45) is 2.10. The molecule has 1 heterocycles. The average Bonchev–Trinajstić information content (AvgIpc) is 2.84. The van der Waals surface area contributed by atoms with Gasteiger partial charge in [-0.05, 0) is 31.0 Å². The summed E-state index contributed by atoms with van der Waals surface area (Å²) in [5.74, 6) is -0.319. The maximum Gasteiger partial charge on any atom is 0.125 e. The van der Waals surface area contributed by atoms with E-state index in [1.165, 1.54) is 18.2 Å². The molecule has 1 aromatic carbocycles. The molecule has 0 bridgehead atoms. The lowest BCUT2D eigenvalue weighted by molar-refractivity contribution is 0.0973. The molecule has 0 radical (unpaired) electrons. The molecule has 5 heteroatoms. The Kier molecular flexibility index (Phi) is 4.20. The van der Waals surface area contributed by atoms with E-state index < -0.39 is 0 Å². The molecule has 1 aromatic rings. The van der Waals surface area contributed by atoms with Crippen molar-refractivity contribution < 1.29 is 9.13 Å². The monoisotopic (exact) mass is 258 g/mol. The largest absolute Gasteiger partial charge is 0.377 e. The highest BCUT2D eigenvalue weighted by atomic mass is 35.5. The van der Waals surface area contributed by atoms with Crippen LogP contribution in [0.2, 0.25) is 5.02 Å². The van der Waals surface area contributed by atoms with E-state index in [0.717, 1.165) is 19.4 Å². The Labute approximate surface area is 105 Å². The van der Waals surface area contributed by atoms with E-state index in [-0.39, 0.29) is 18.0 Å². The maximum atomic E-state index is 13.1. The van der Waals surface area contributed by atoms with Crippen LogP contribution in [0.5, 0.6) is 0 Å². The Morgan fingerprint density at radius 3 is 3.06 bits per heavy atom. The Morgan fingerprint density at radius 2 is 2.41 bits per heavy atom. The Morgan fingerprint density at radius 1 is 1.59 bits per heavy atom. The summed E-state index contributed by atoms with van der Waals surface area (Å²) in [5.41, 5.74) is 6.28. The van der Waals surface area contributed by atoms with Gasteiger partial charge < -0.3 is 15.8 Å². The van der Waals surface area contributed by atoms with Crippen LogP contribution >= 0.6 is 11.6 Å². The van der Waals surface area contributed by atoms with Crippen molar-refractivity contribution in [2.45, 2.75) is 25.0 Å². The average molecular weight is 259 g/mol. The van der Waals surface area contributed by atoms with Crippen molar-refractivity contribution in [2.24, 2.45) is 5.73 Å². The van der Waals surface area contributed by atoms with Gasteiger partial charge in [-0.25, -0.2) is 4.39 Å². The molecule has 17 heavy (non-hydrogen) atoms. The zero-order valence-electron chi connectivity index (χ0n) is 9.46. The number of hydrogen-bond acceptors (Lipinski definition) is 3. The van der Waals surface area contributed by atoms with Crippen LogP contribution in [0.1, 0.15) is 12.8 Å². The molecule has 1 aliphatic rings. The second-order valence-electron chi connectivity index (χ2n) is 4.16. The maximum absolute atomic E-state index is 13.1. The Bertz CT molecular complexity index is 383. The van der Waals surface area contributed by atoms with E-state index in [0.29, 0.717) is 17.3 Å². The van der Waals surface area contributed by atoms with Gasteiger partial charge in [-0.15, -0.1) is 0 Å². The van der Waals surface area contributed by atoms with Gasteiger partial charge in [0.1, 0.15) is 5.82 Å². The minimum absolute atomic E-state index is 0.0307. The zero-order valence-corrected chi connectivity index (χ0v) is 10.2. The van der Waals surface area contributed by atoms with Gasteiger partial charge in [-0.2, -0.15) is 0 Å². The second kappa shape index (κ2) is 5.67.